The molecule has 4 aliphatic heterocycles. The number of piperazine rings is 1. The number of methoxy groups -OCH3 is 1. The molecule has 3 saturated heterocycles. The molecular weight excluding hydrogens is 980 g/mol. The standard InChI is InChI=1S/C50H56BrFN11O6P/c1-59-28-32(26-54-59)33-23-39(56-50-53-27-36(51)46(58-50)55-38-8-7-31(30-5-6-30)21-44(38)70(3,4)68)43(69-2)25-41(33)62-19-17-60(18-20-62)14-11-29-12-15-61(16-13-29)42-24-35-34(22-37(42)52)48(66)63(49(35)67)40-9-10-45(64)57-47(40)65/h7-8,21-30,40H,5-6,9-20H2,1-4H3,(H,57,64,65)(H2,53,55,56,58). The van der Waals surface area contributed by atoms with Crippen molar-refractivity contribution in [3.8, 4) is 16.9 Å². The van der Waals surface area contributed by atoms with Crippen LogP contribution in [0, 0.1) is 11.7 Å². The van der Waals surface area contributed by atoms with Crippen LogP contribution in [-0.4, -0.2) is 125 Å². The minimum absolute atomic E-state index is 0.0147. The van der Waals surface area contributed by atoms with Crippen LogP contribution in [-0.2, 0) is 21.2 Å². The third-order valence-electron chi connectivity index (χ3n) is 14.3. The highest BCUT2D eigenvalue weighted by molar-refractivity contribution is 9.10. The van der Waals surface area contributed by atoms with E-state index in [-0.39, 0.29) is 29.7 Å². The van der Waals surface area contributed by atoms with Gasteiger partial charge in [-0.15, -0.1) is 0 Å². The summed E-state index contributed by atoms with van der Waals surface area (Å²) in [6, 6.07) is 11.8. The number of carbonyl (C=O) groups is 4. The van der Waals surface area contributed by atoms with E-state index in [1.165, 1.54) is 11.6 Å². The van der Waals surface area contributed by atoms with E-state index in [0.717, 1.165) is 104 Å². The van der Waals surface area contributed by atoms with Crippen LogP contribution >= 0.6 is 23.1 Å². The lowest BCUT2D eigenvalue weighted by Crippen LogP contribution is -2.54. The molecule has 1 atom stereocenters. The summed E-state index contributed by atoms with van der Waals surface area (Å²) in [5, 5.41) is 14.3. The Bertz CT molecular complexity index is 2960. The minimum Gasteiger partial charge on any atom is -0.494 e. The molecule has 0 bridgehead atoms. The van der Waals surface area contributed by atoms with Gasteiger partial charge in [-0.3, -0.25) is 39.0 Å². The van der Waals surface area contributed by atoms with Gasteiger partial charge >= 0.3 is 0 Å². The van der Waals surface area contributed by atoms with Gasteiger partial charge < -0.3 is 29.7 Å². The fourth-order valence-corrected chi connectivity index (χ4v) is 11.6. The Morgan fingerprint density at radius 2 is 1.57 bits per heavy atom. The maximum Gasteiger partial charge on any atom is 0.262 e. The number of benzene rings is 3. The fourth-order valence-electron chi connectivity index (χ4n) is 10.2. The fraction of sp³-hybridized carbons (Fsp3) is 0.420. The average Bonchev–Trinajstić information content (AvgIpc) is 4.06. The Morgan fingerprint density at radius 1 is 0.843 bits per heavy atom. The molecule has 0 radical (unpaired) electrons. The van der Waals surface area contributed by atoms with Crippen molar-refractivity contribution in [2.75, 3.05) is 86.7 Å². The van der Waals surface area contributed by atoms with Crippen molar-refractivity contribution in [1.82, 2.24) is 34.9 Å². The van der Waals surface area contributed by atoms with Crippen LogP contribution in [0.25, 0.3) is 11.1 Å². The number of rotatable bonds is 14. The highest BCUT2D eigenvalue weighted by atomic mass is 79.9. The Kier molecular flexibility index (Phi) is 13.0. The van der Waals surface area contributed by atoms with Crippen LogP contribution in [0.3, 0.4) is 0 Å². The third-order valence-corrected chi connectivity index (χ3v) is 16.4. The summed E-state index contributed by atoms with van der Waals surface area (Å²) in [7, 11) is 0.933. The van der Waals surface area contributed by atoms with E-state index in [0.29, 0.717) is 52.6 Å². The predicted octanol–water partition coefficient (Wildman–Crippen LogP) is 7.23. The number of carbonyl (C=O) groups excluding carboxylic acids is 4. The SMILES string of the molecule is COc1cc(N2CCN(CCC3CCN(c4cc5c(cc4F)C(=O)N(C4CCC(=O)NC4=O)C5=O)CC3)CC2)c(-c2cnn(C)c2)cc1Nc1ncc(Br)c(Nc2ccc(C3CC3)cc2P(C)(C)=O)n1. The second kappa shape index (κ2) is 19.2. The number of aromatic nitrogens is 4. The van der Waals surface area contributed by atoms with Gasteiger partial charge in [0.1, 0.15) is 30.6 Å². The van der Waals surface area contributed by atoms with Gasteiger partial charge in [0, 0.05) is 93.3 Å². The normalized spacial score (nSPS) is 19.2. The van der Waals surface area contributed by atoms with Gasteiger partial charge in [0.25, 0.3) is 11.8 Å². The van der Waals surface area contributed by atoms with Crippen molar-refractivity contribution in [3.05, 3.63) is 88.0 Å². The monoisotopic (exact) mass is 1040 g/mol. The summed E-state index contributed by atoms with van der Waals surface area (Å²) in [6.45, 7) is 9.10. The molecule has 1 unspecified atom stereocenters. The van der Waals surface area contributed by atoms with Gasteiger partial charge in [0.2, 0.25) is 17.8 Å². The number of halogens is 2. The lowest BCUT2D eigenvalue weighted by Gasteiger charge is -2.39. The zero-order chi connectivity index (χ0) is 49.0. The van der Waals surface area contributed by atoms with Crippen molar-refractivity contribution in [2.45, 2.75) is 56.9 Å². The maximum atomic E-state index is 15.6. The van der Waals surface area contributed by atoms with E-state index in [9.17, 15) is 23.7 Å². The van der Waals surface area contributed by atoms with Crippen LogP contribution in [0.4, 0.5) is 38.9 Å². The first-order chi connectivity index (χ1) is 33.6. The van der Waals surface area contributed by atoms with Crippen LogP contribution in [0.15, 0.2) is 65.5 Å². The number of nitrogens with zero attached hydrogens (tertiary/aromatic N) is 8. The van der Waals surface area contributed by atoms with E-state index in [1.54, 1.807) is 31.3 Å². The van der Waals surface area contributed by atoms with Crippen LogP contribution in [0.1, 0.15) is 77.1 Å². The first kappa shape index (κ1) is 47.5. The summed E-state index contributed by atoms with van der Waals surface area (Å²) >= 11 is 3.62. The Morgan fingerprint density at radius 3 is 2.24 bits per heavy atom. The number of anilines is 6. The van der Waals surface area contributed by atoms with E-state index in [2.05, 4.69) is 76.0 Å². The highest BCUT2D eigenvalue weighted by Gasteiger charge is 2.45. The molecule has 17 nitrogen and oxygen atoms in total. The molecule has 1 saturated carbocycles. The van der Waals surface area contributed by atoms with Crippen molar-refractivity contribution in [1.29, 1.82) is 0 Å². The van der Waals surface area contributed by atoms with E-state index >= 15 is 4.39 Å². The number of hydrogen-bond acceptors (Lipinski definition) is 14. The molecule has 20 heteroatoms. The minimum atomic E-state index is -2.62. The molecule has 3 aromatic carbocycles. The molecule has 5 aliphatic rings. The zero-order valence-corrected chi connectivity index (χ0v) is 42.1. The molecule has 10 rings (SSSR count). The van der Waals surface area contributed by atoms with Crippen molar-refractivity contribution >= 4 is 86.5 Å². The number of hydrogen-bond donors (Lipinski definition) is 3. The molecule has 4 amide bonds. The van der Waals surface area contributed by atoms with Crippen LogP contribution in [0.2, 0.25) is 0 Å². The lowest BCUT2D eigenvalue weighted by molar-refractivity contribution is -0.136. The first-order valence-electron chi connectivity index (χ1n) is 23.9. The van der Waals surface area contributed by atoms with Gasteiger partial charge in [-0.25, -0.2) is 9.37 Å². The Balaban J connectivity index is 0.774. The molecule has 4 fully saturated rings. The van der Waals surface area contributed by atoms with Gasteiger partial charge in [-0.1, -0.05) is 6.07 Å². The Hall–Kier alpha value is -6.17. The molecule has 0 spiro atoms. The lowest BCUT2D eigenvalue weighted by atomic mass is 9.92. The number of nitrogens with one attached hydrogen (secondary N) is 3. The topological polar surface area (TPSA) is 187 Å². The van der Waals surface area contributed by atoms with E-state index in [4.69, 9.17) is 9.72 Å². The number of aryl methyl sites for hydroxylation is 1. The highest BCUT2D eigenvalue weighted by Crippen LogP contribution is 2.45. The summed E-state index contributed by atoms with van der Waals surface area (Å²) in [6.07, 6.45) is 10.6. The Labute approximate surface area is 414 Å². The van der Waals surface area contributed by atoms with Gasteiger partial charge in [-0.05, 0) is 122 Å². The summed E-state index contributed by atoms with van der Waals surface area (Å²) in [4.78, 5) is 68.0. The first-order valence-corrected chi connectivity index (χ1v) is 27.3. The van der Waals surface area contributed by atoms with Crippen molar-refractivity contribution in [3.63, 3.8) is 0 Å². The number of amides is 4. The molecule has 6 heterocycles. The van der Waals surface area contributed by atoms with Crippen molar-refractivity contribution < 1.29 is 32.9 Å². The molecule has 5 aromatic rings. The molecular formula is C50H56BrFN11O6P. The van der Waals surface area contributed by atoms with Crippen LogP contribution in [0.5, 0.6) is 5.75 Å². The van der Waals surface area contributed by atoms with E-state index in [1.807, 2.05) is 30.4 Å². The number of ether oxygens (including phenoxy) is 1. The third kappa shape index (κ3) is 9.67. The summed E-state index contributed by atoms with van der Waals surface area (Å²) < 4.78 is 37.5. The van der Waals surface area contributed by atoms with E-state index < -0.39 is 42.6 Å². The molecule has 366 valence electrons. The van der Waals surface area contributed by atoms with Gasteiger partial charge in [0.05, 0.1) is 46.0 Å². The number of imide groups is 2. The predicted molar refractivity (Wildman–Crippen MR) is 270 cm³/mol. The summed E-state index contributed by atoms with van der Waals surface area (Å²) in [5.74, 6) is -0.596. The largest absolute Gasteiger partial charge is 0.494 e. The molecule has 70 heavy (non-hydrogen) atoms. The smallest absolute Gasteiger partial charge is 0.262 e. The van der Waals surface area contributed by atoms with Gasteiger partial charge in [-0.2, -0.15) is 10.1 Å². The zero-order valence-electron chi connectivity index (χ0n) is 39.6. The second-order valence-corrected chi connectivity index (χ2v) is 23.4. The molecule has 3 N–H and O–H groups in total. The van der Waals surface area contributed by atoms with Crippen molar-refractivity contribution in [2.24, 2.45) is 13.0 Å². The summed E-state index contributed by atoms with van der Waals surface area (Å²) in [5.41, 5.74) is 5.92. The van der Waals surface area contributed by atoms with Gasteiger partial charge in [0.15, 0.2) is 0 Å². The molecule has 2 aromatic heterocycles. The second-order valence-electron chi connectivity index (χ2n) is 19.4. The number of piperidine rings is 2. The number of fused-ring (bicyclic) bond motifs is 1. The molecule has 1 aliphatic carbocycles. The maximum absolute atomic E-state index is 15.6. The van der Waals surface area contributed by atoms with Crippen LogP contribution < -0.4 is 35.8 Å². The quantitative estimate of drug-likeness (QED) is 0.0747. The average molecular weight is 1040 g/mol.